The van der Waals surface area contributed by atoms with Crippen molar-refractivity contribution in [3.8, 4) is 0 Å². The summed E-state index contributed by atoms with van der Waals surface area (Å²) in [6, 6.07) is 2.48. The van der Waals surface area contributed by atoms with E-state index in [1.165, 1.54) is 10.4 Å². The van der Waals surface area contributed by atoms with Gasteiger partial charge in [-0.1, -0.05) is 0 Å². The lowest BCUT2D eigenvalue weighted by Gasteiger charge is -2.12. The minimum absolute atomic E-state index is 0.308. The summed E-state index contributed by atoms with van der Waals surface area (Å²) in [5.41, 5.74) is 7.38. The van der Waals surface area contributed by atoms with Crippen molar-refractivity contribution < 1.29 is 0 Å². The summed E-state index contributed by atoms with van der Waals surface area (Å²) in [7, 11) is 0. The van der Waals surface area contributed by atoms with Gasteiger partial charge >= 0.3 is 0 Å². The third kappa shape index (κ3) is 1.28. The van der Waals surface area contributed by atoms with Gasteiger partial charge < -0.3 is 11.1 Å². The van der Waals surface area contributed by atoms with Crippen LogP contribution in [0.4, 0.5) is 0 Å². The van der Waals surface area contributed by atoms with Gasteiger partial charge in [0.2, 0.25) is 0 Å². The SMILES string of the molecule is Cc1ccsc1C1CNCC1N. The molecule has 2 unspecified atom stereocenters. The zero-order valence-electron chi connectivity index (χ0n) is 7.21. The molecule has 0 aliphatic carbocycles. The fourth-order valence-electron chi connectivity index (χ4n) is 1.75. The van der Waals surface area contributed by atoms with Crippen LogP contribution in [0.15, 0.2) is 11.4 Å². The smallest absolute Gasteiger partial charge is 0.0255 e. The Morgan fingerprint density at radius 2 is 2.42 bits per heavy atom. The number of rotatable bonds is 1. The van der Waals surface area contributed by atoms with Crippen molar-refractivity contribution in [2.45, 2.75) is 18.9 Å². The number of nitrogens with two attached hydrogens (primary N) is 1. The zero-order valence-corrected chi connectivity index (χ0v) is 8.03. The molecular weight excluding hydrogens is 168 g/mol. The van der Waals surface area contributed by atoms with E-state index in [4.69, 9.17) is 5.73 Å². The first kappa shape index (κ1) is 8.23. The normalized spacial score (nSPS) is 29.5. The van der Waals surface area contributed by atoms with E-state index < -0.39 is 0 Å². The van der Waals surface area contributed by atoms with Gasteiger partial charge in [0, 0.05) is 29.9 Å². The molecule has 2 nitrogen and oxygen atoms in total. The first-order chi connectivity index (χ1) is 5.79. The predicted molar refractivity (Wildman–Crippen MR) is 52.6 cm³/mol. The topological polar surface area (TPSA) is 38.0 Å². The molecule has 3 heteroatoms. The van der Waals surface area contributed by atoms with Crippen molar-refractivity contribution in [2.24, 2.45) is 5.73 Å². The summed E-state index contributed by atoms with van der Waals surface area (Å²) in [5, 5.41) is 5.47. The standard InChI is InChI=1S/C9H14N2S/c1-6-2-3-12-9(6)7-4-11-5-8(7)10/h2-3,7-8,11H,4-5,10H2,1H3. The van der Waals surface area contributed by atoms with Crippen LogP contribution in [0.2, 0.25) is 0 Å². The third-order valence-electron chi connectivity index (χ3n) is 2.50. The highest BCUT2D eigenvalue weighted by Crippen LogP contribution is 2.29. The Morgan fingerprint density at radius 1 is 1.58 bits per heavy atom. The molecule has 0 saturated carbocycles. The summed E-state index contributed by atoms with van der Waals surface area (Å²) in [6.07, 6.45) is 0. The van der Waals surface area contributed by atoms with Gasteiger partial charge in [-0.15, -0.1) is 11.3 Å². The van der Waals surface area contributed by atoms with Gasteiger partial charge in [-0.25, -0.2) is 0 Å². The Morgan fingerprint density at radius 3 is 2.92 bits per heavy atom. The van der Waals surface area contributed by atoms with Crippen molar-refractivity contribution in [1.82, 2.24) is 5.32 Å². The molecule has 1 saturated heterocycles. The van der Waals surface area contributed by atoms with Crippen LogP contribution in [0.25, 0.3) is 0 Å². The van der Waals surface area contributed by atoms with Gasteiger partial charge in [0.15, 0.2) is 0 Å². The molecule has 1 aliphatic rings. The summed E-state index contributed by atoms with van der Waals surface area (Å²) < 4.78 is 0. The Bertz CT molecular complexity index is 269. The number of thiophene rings is 1. The Balaban J connectivity index is 2.24. The number of aryl methyl sites for hydroxylation is 1. The highest BCUT2D eigenvalue weighted by molar-refractivity contribution is 7.10. The lowest BCUT2D eigenvalue weighted by Crippen LogP contribution is -2.27. The molecule has 1 fully saturated rings. The predicted octanol–water partition coefficient (Wildman–Crippen LogP) is 1.07. The van der Waals surface area contributed by atoms with Gasteiger partial charge in [-0.3, -0.25) is 0 Å². The molecule has 2 rings (SSSR count). The second-order valence-electron chi connectivity index (χ2n) is 3.40. The first-order valence-electron chi connectivity index (χ1n) is 4.29. The fraction of sp³-hybridized carbons (Fsp3) is 0.556. The Hall–Kier alpha value is -0.380. The van der Waals surface area contributed by atoms with Gasteiger partial charge in [0.05, 0.1) is 0 Å². The molecule has 0 aromatic carbocycles. The van der Waals surface area contributed by atoms with E-state index in [0.717, 1.165) is 13.1 Å². The highest BCUT2D eigenvalue weighted by atomic mass is 32.1. The van der Waals surface area contributed by atoms with Crippen LogP contribution in [-0.4, -0.2) is 19.1 Å². The minimum Gasteiger partial charge on any atom is -0.326 e. The molecule has 1 aromatic heterocycles. The van der Waals surface area contributed by atoms with Gasteiger partial charge in [0.25, 0.3) is 0 Å². The fourth-order valence-corrected chi connectivity index (χ4v) is 2.86. The van der Waals surface area contributed by atoms with E-state index in [1.807, 2.05) is 11.3 Å². The molecular formula is C9H14N2S. The van der Waals surface area contributed by atoms with Crippen LogP contribution in [0.5, 0.6) is 0 Å². The zero-order chi connectivity index (χ0) is 8.55. The van der Waals surface area contributed by atoms with E-state index in [9.17, 15) is 0 Å². The Labute approximate surface area is 76.8 Å². The molecule has 0 radical (unpaired) electrons. The van der Waals surface area contributed by atoms with E-state index in [2.05, 4.69) is 23.7 Å². The summed E-state index contributed by atoms with van der Waals surface area (Å²) >= 11 is 1.83. The average molecular weight is 182 g/mol. The quantitative estimate of drug-likeness (QED) is 0.682. The highest BCUT2D eigenvalue weighted by Gasteiger charge is 2.26. The molecule has 66 valence electrons. The van der Waals surface area contributed by atoms with Gasteiger partial charge in [0.1, 0.15) is 0 Å². The molecule has 2 heterocycles. The lowest BCUT2D eigenvalue weighted by atomic mass is 10.0. The first-order valence-corrected chi connectivity index (χ1v) is 5.17. The van der Waals surface area contributed by atoms with Gasteiger partial charge in [-0.2, -0.15) is 0 Å². The molecule has 1 aromatic rings. The maximum atomic E-state index is 5.98. The second-order valence-corrected chi connectivity index (χ2v) is 4.34. The van der Waals surface area contributed by atoms with E-state index in [1.54, 1.807) is 0 Å². The van der Waals surface area contributed by atoms with Crippen molar-refractivity contribution >= 4 is 11.3 Å². The minimum atomic E-state index is 0.308. The van der Waals surface area contributed by atoms with Crippen LogP contribution >= 0.6 is 11.3 Å². The number of nitrogens with one attached hydrogen (secondary N) is 1. The van der Waals surface area contributed by atoms with E-state index in [-0.39, 0.29) is 0 Å². The molecule has 0 bridgehead atoms. The Kier molecular flexibility index (Phi) is 2.17. The monoisotopic (exact) mass is 182 g/mol. The molecule has 2 atom stereocenters. The molecule has 1 aliphatic heterocycles. The summed E-state index contributed by atoms with van der Waals surface area (Å²) in [4.78, 5) is 1.47. The van der Waals surface area contributed by atoms with Gasteiger partial charge in [-0.05, 0) is 23.9 Å². The molecule has 12 heavy (non-hydrogen) atoms. The lowest BCUT2D eigenvalue weighted by molar-refractivity contribution is 0.660. The third-order valence-corrected chi connectivity index (χ3v) is 3.65. The van der Waals surface area contributed by atoms with Crippen molar-refractivity contribution in [1.29, 1.82) is 0 Å². The average Bonchev–Trinajstić information content (AvgIpc) is 2.59. The largest absolute Gasteiger partial charge is 0.326 e. The summed E-state index contributed by atoms with van der Waals surface area (Å²) in [6.45, 7) is 4.17. The van der Waals surface area contributed by atoms with Crippen LogP contribution in [0, 0.1) is 6.92 Å². The molecule has 0 spiro atoms. The molecule has 3 N–H and O–H groups in total. The van der Waals surface area contributed by atoms with Crippen LogP contribution in [-0.2, 0) is 0 Å². The van der Waals surface area contributed by atoms with Crippen molar-refractivity contribution in [3.63, 3.8) is 0 Å². The van der Waals surface area contributed by atoms with Crippen LogP contribution < -0.4 is 11.1 Å². The van der Waals surface area contributed by atoms with Crippen LogP contribution in [0.1, 0.15) is 16.4 Å². The second kappa shape index (κ2) is 3.17. The summed E-state index contributed by atoms with van der Waals surface area (Å²) in [5.74, 6) is 0.546. The maximum Gasteiger partial charge on any atom is 0.0255 e. The van der Waals surface area contributed by atoms with Crippen molar-refractivity contribution in [2.75, 3.05) is 13.1 Å². The van der Waals surface area contributed by atoms with E-state index in [0.29, 0.717) is 12.0 Å². The maximum absolute atomic E-state index is 5.98. The van der Waals surface area contributed by atoms with Crippen LogP contribution in [0.3, 0.4) is 0 Å². The molecule has 0 amide bonds. The number of hydrogen-bond donors (Lipinski definition) is 2. The van der Waals surface area contributed by atoms with E-state index >= 15 is 0 Å². The van der Waals surface area contributed by atoms with Crippen molar-refractivity contribution in [3.05, 3.63) is 21.9 Å². The number of hydrogen-bond acceptors (Lipinski definition) is 3.